The van der Waals surface area contributed by atoms with Crippen LogP contribution in [0.25, 0.3) is 21.9 Å². The fourth-order valence-electron chi connectivity index (χ4n) is 3.47. The highest BCUT2D eigenvalue weighted by molar-refractivity contribution is 7.99. The van der Waals surface area contributed by atoms with E-state index < -0.39 is 0 Å². The van der Waals surface area contributed by atoms with Crippen molar-refractivity contribution >= 4 is 39.4 Å². The van der Waals surface area contributed by atoms with E-state index >= 15 is 0 Å². The van der Waals surface area contributed by atoms with Crippen molar-refractivity contribution in [3.8, 4) is 0 Å². The third-order valence-electron chi connectivity index (χ3n) is 4.83. The second-order valence-corrected chi connectivity index (χ2v) is 7.75. The number of fused-ring (bicyclic) bond motifs is 2. The summed E-state index contributed by atoms with van der Waals surface area (Å²) in [5, 5.41) is 11.7. The molecule has 27 heavy (non-hydrogen) atoms. The lowest BCUT2D eigenvalue weighted by molar-refractivity contribution is 0.273. The maximum atomic E-state index is 5.07. The minimum atomic E-state index is 0.763. The van der Waals surface area contributed by atoms with Crippen molar-refractivity contribution in [3.63, 3.8) is 0 Å². The summed E-state index contributed by atoms with van der Waals surface area (Å²) in [6, 6.07) is 14.4. The summed E-state index contributed by atoms with van der Waals surface area (Å²) in [6.45, 7) is 2.09. The van der Waals surface area contributed by atoms with Gasteiger partial charge in [-0.3, -0.25) is 4.98 Å². The number of nitrogens with zero attached hydrogens (tertiary/aromatic N) is 4. The highest BCUT2D eigenvalue weighted by Crippen LogP contribution is 2.37. The fraction of sp³-hybridized carbons (Fsp3) is 0.250. The molecule has 0 bridgehead atoms. The standard InChI is InChI=1S/C20H19N5OS/c1-2-12-25(13-3-1)22-15-9-10-17(20-19(15)23-26-24-20)27-16-8-4-6-14-7-5-11-21-18(14)16/h4-11,22H,1-3,12-13H2. The molecule has 1 fully saturated rings. The van der Waals surface area contributed by atoms with E-state index in [0.29, 0.717) is 0 Å². The molecule has 3 heterocycles. The van der Waals surface area contributed by atoms with Gasteiger partial charge >= 0.3 is 0 Å². The Kier molecular flexibility index (Phi) is 4.39. The molecule has 1 N–H and O–H groups in total. The summed E-state index contributed by atoms with van der Waals surface area (Å²) in [5.74, 6) is 0. The van der Waals surface area contributed by atoms with Crippen LogP contribution < -0.4 is 5.43 Å². The molecule has 0 unspecified atom stereocenters. The molecular weight excluding hydrogens is 358 g/mol. The number of anilines is 1. The number of benzene rings is 2. The van der Waals surface area contributed by atoms with E-state index in [2.05, 4.69) is 62.1 Å². The lowest BCUT2D eigenvalue weighted by atomic mass is 10.2. The van der Waals surface area contributed by atoms with Crippen LogP contribution in [-0.4, -0.2) is 33.4 Å². The predicted molar refractivity (Wildman–Crippen MR) is 107 cm³/mol. The molecule has 2 aromatic heterocycles. The average Bonchev–Trinajstić information content (AvgIpc) is 3.22. The van der Waals surface area contributed by atoms with Crippen molar-refractivity contribution in [2.24, 2.45) is 0 Å². The smallest absolute Gasteiger partial charge is 0.160 e. The maximum absolute atomic E-state index is 5.07. The Balaban J connectivity index is 1.49. The van der Waals surface area contributed by atoms with E-state index in [1.807, 2.05) is 12.3 Å². The molecule has 1 saturated heterocycles. The van der Waals surface area contributed by atoms with E-state index in [1.165, 1.54) is 19.3 Å². The van der Waals surface area contributed by atoms with E-state index in [1.54, 1.807) is 11.8 Å². The molecule has 0 spiro atoms. The van der Waals surface area contributed by atoms with Gasteiger partial charge in [-0.05, 0) is 47.4 Å². The first kappa shape index (κ1) is 16.5. The van der Waals surface area contributed by atoms with Gasteiger partial charge < -0.3 is 5.43 Å². The Morgan fingerprint density at radius 2 is 1.67 bits per heavy atom. The molecular formula is C20H19N5OS. The summed E-state index contributed by atoms with van der Waals surface area (Å²) in [4.78, 5) is 6.64. The van der Waals surface area contributed by atoms with Crippen LogP contribution in [0.5, 0.6) is 0 Å². The zero-order chi connectivity index (χ0) is 18.1. The Bertz CT molecular complexity index is 1080. The zero-order valence-electron chi connectivity index (χ0n) is 14.8. The number of aromatic nitrogens is 3. The summed E-state index contributed by atoms with van der Waals surface area (Å²) >= 11 is 1.64. The van der Waals surface area contributed by atoms with Gasteiger partial charge in [0.15, 0.2) is 11.0 Å². The quantitative estimate of drug-likeness (QED) is 0.551. The van der Waals surface area contributed by atoms with Gasteiger partial charge in [0.1, 0.15) is 0 Å². The first-order chi connectivity index (χ1) is 13.4. The van der Waals surface area contributed by atoms with Gasteiger partial charge in [-0.25, -0.2) is 9.64 Å². The lowest BCUT2D eigenvalue weighted by Crippen LogP contribution is -2.34. The van der Waals surface area contributed by atoms with Gasteiger partial charge in [0.25, 0.3) is 0 Å². The Hall–Kier alpha value is -2.64. The van der Waals surface area contributed by atoms with Crippen molar-refractivity contribution in [2.45, 2.75) is 29.1 Å². The molecule has 0 radical (unpaired) electrons. The average molecular weight is 377 g/mol. The third-order valence-corrected chi connectivity index (χ3v) is 5.93. The van der Waals surface area contributed by atoms with Crippen LogP contribution in [0.15, 0.2) is 63.1 Å². The largest absolute Gasteiger partial charge is 0.317 e. The molecule has 0 atom stereocenters. The molecule has 0 amide bonds. The Labute approximate surface area is 160 Å². The van der Waals surface area contributed by atoms with E-state index in [0.717, 1.165) is 50.5 Å². The van der Waals surface area contributed by atoms with E-state index in [-0.39, 0.29) is 0 Å². The number of pyridine rings is 1. The molecule has 7 heteroatoms. The molecule has 5 rings (SSSR count). The number of piperidine rings is 1. The zero-order valence-corrected chi connectivity index (χ0v) is 15.6. The number of rotatable bonds is 4. The predicted octanol–water partition coefficient (Wildman–Crippen LogP) is 4.74. The minimum absolute atomic E-state index is 0.763. The van der Waals surface area contributed by atoms with Crippen LogP contribution in [0.1, 0.15) is 19.3 Å². The molecule has 4 aromatic rings. The van der Waals surface area contributed by atoms with Gasteiger partial charge in [0.05, 0.1) is 11.2 Å². The lowest BCUT2D eigenvalue weighted by Gasteiger charge is -2.27. The number of hydrogen-bond acceptors (Lipinski definition) is 7. The van der Waals surface area contributed by atoms with Gasteiger partial charge in [0.2, 0.25) is 0 Å². The second-order valence-electron chi connectivity index (χ2n) is 6.67. The van der Waals surface area contributed by atoms with E-state index in [9.17, 15) is 0 Å². The summed E-state index contributed by atoms with van der Waals surface area (Å²) in [5.41, 5.74) is 6.95. The first-order valence-electron chi connectivity index (χ1n) is 9.17. The van der Waals surface area contributed by atoms with Gasteiger partial charge in [-0.1, -0.05) is 36.4 Å². The number of hydrazine groups is 1. The van der Waals surface area contributed by atoms with Crippen LogP contribution in [0, 0.1) is 0 Å². The van der Waals surface area contributed by atoms with Crippen LogP contribution in [-0.2, 0) is 0 Å². The van der Waals surface area contributed by atoms with Gasteiger partial charge in [0, 0.05) is 34.5 Å². The summed E-state index contributed by atoms with van der Waals surface area (Å²) < 4.78 is 5.07. The monoisotopic (exact) mass is 377 g/mol. The van der Waals surface area contributed by atoms with Crippen LogP contribution >= 0.6 is 11.8 Å². The third kappa shape index (κ3) is 3.24. The molecule has 1 aliphatic rings. The highest BCUT2D eigenvalue weighted by Gasteiger charge is 2.17. The van der Waals surface area contributed by atoms with Crippen LogP contribution in [0.3, 0.4) is 0 Å². The van der Waals surface area contributed by atoms with Crippen molar-refractivity contribution in [3.05, 3.63) is 48.7 Å². The molecule has 0 saturated carbocycles. The number of nitrogens with one attached hydrogen (secondary N) is 1. The van der Waals surface area contributed by atoms with Gasteiger partial charge in [-0.15, -0.1) is 0 Å². The molecule has 6 nitrogen and oxygen atoms in total. The number of hydrogen-bond donors (Lipinski definition) is 1. The molecule has 136 valence electrons. The van der Waals surface area contributed by atoms with Crippen LogP contribution in [0.4, 0.5) is 5.69 Å². The van der Waals surface area contributed by atoms with E-state index in [4.69, 9.17) is 4.63 Å². The summed E-state index contributed by atoms with van der Waals surface area (Å²) in [7, 11) is 0. The maximum Gasteiger partial charge on any atom is 0.160 e. The topological polar surface area (TPSA) is 67.1 Å². The number of para-hydroxylation sites is 1. The van der Waals surface area contributed by atoms with Gasteiger partial charge in [-0.2, -0.15) is 0 Å². The highest BCUT2D eigenvalue weighted by atomic mass is 32.2. The van der Waals surface area contributed by atoms with Crippen LogP contribution in [0.2, 0.25) is 0 Å². The second kappa shape index (κ2) is 7.17. The van der Waals surface area contributed by atoms with Crippen molar-refractivity contribution in [1.29, 1.82) is 0 Å². The molecule has 0 aliphatic carbocycles. The molecule has 1 aliphatic heterocycles. The minimum Gasteiger partial charge on any atom is -0.317 e. The van der Waals surface area contributed by atoms with Crippen molar-refractivity contribution in [1.82, 2.24) is 20.3 Å². The summed E-state index contributed by atoms with van der Waals surface area (Å²) in [6.07, 6.45) is 5.56. The normalized spacial score (nSPS) is 15.4. The Morgan fingerprint density at radius 3 is 2.59 bits per heavy atom. The van der Waals surface area contributed by atoms with Crippen molar-refractivity contribution in [2.75, 3.05) is 18.5 Å². The van der Waals surface area contributed by atoms with Crippen molar-refractivity contribution < 1.29 is 4.63 Å². The fourth-order valence-corrected chi connectivity index (χ4v) is 4.49. The SMILES string of the molecule is c1cnc2c(Sc3ccc(NN4CCCCC4)c4nonc34)cccc2c1. The first-order valence-corrected chi connectivity index (χ1v) is 9.99. The molecule has 2 aromatic carbocycles. The Morgan fingerprint density at radius 1 is 0.852 bits per heavy atom.